The number of urea groups is 1. The Bertz CT molecular complexity index is 402. The van der Waals surface area contributed by atoms with Crippen LogP contribution >= 0.6 is 0 Å². The van der Waals surface area contributed by atoms with Gasteiger partial charge in [-0.2, -0.15) is 5.26 Å². The zero-order valence-electron chi connectivity index (χ0n) is 8.03. The van der Waals surface area contributed by atoms with Gasteiger partial charge in [0.1, 0.15) is 11.9 Å². The molecule has 0 aromatic carbocycles. The first kappa shape index (κ1) is 9.46. The number of hydrogen-bond donors (Lipinski definition) is 2. The number of amides is 2. The van der Waals surface area contributed by atoms with Crippen molar-refractivity contribution in [2.45, 2.75) is 18.9 Å². The van der Waals surface area contributed by atoms with Crippen LogP contribution in [0.4, 0.5) is 10.6 Å². The minimum atomic E-state index is -0.241. The van der Waals surface area contributed by atoms with Gasteiger partial charge in [-0.05, 0) is 25.0 Å². The second-order valence-electron chi connectivity index (χ2n) is 3.42. The zero-order valence-corrected chi connectivity index (χ0v) is 8.03. The summed E-state index contributed by atoms with van der Waals surface area (Å²) >= 11 is 0. The fourth-order valence-corrected chi connectivity index (χ4v) is 1.10. The van der Waals surface area contributed by atoms with Gasteiger partial charge in [-0.3, -0.25) is 5.32 Å². The Balaban J connectivity index is 1.92. The van der Waals surface area contributed by atoms with Gasteiger partial charge in [-0.1, -0.05) is 0 Å². The van der Waals surface area contributed by atoms with Gasteiger partial charge in [0.25, 0.3) is 0 Å². The second kappa shape index (κ2) is 3.96. The van der Waals surface area contributed by atoms with Crippen LogP contribution in [0.5, 0.6) is 0 Å². The highest BCUT2D eigenvalue weighted by molar-refractivity contribution is 5.88. The molecule has 1 aromatic rings. The lowest BCUT2D eigenvalue weighted by Crippen LogP contribution is -2.30. The van der Waals surface area contributed by atoms with Crippen LogP contribution in [0.15, 0.2) is 18.3 Å². The molecule has 0 aliphatic heterocycles. The van der Waals surface area contributed by atoms with Crippen molar-refractivity contribution in [1.82, 2.24) is 10.3 Å². The molecule has 1 fully saturated rings. The zero-order chi connectivity index (χ0) is 10.7. The lowest BCUT2D eigenvalue weighted by molar-refractivity contribution is 0.251. The molecule has 1 aromatic heterocycles. The summed E-state index contributed by atoms with van der Waals surface area (Å²) in [5.41, 5.74) is 0.475. The average molecular weight is 202 g/mol. The van der Waals surface area contributed by atoms with Crippen LogP contribution in [-0.4, -0.2) is 17.1 Å². The monoisotopic (exact) mass is 202 g/mol. The molecule has 15 heavy (non-hydrogen) atoms. The molecule has 0 saturated heterocycles. The maximum Gasteiger partial charge on any atom is 0.320 e. The van der Waals surface area contributed by atoms with E-state index in [0.29, 0.717) is 17.4 Å². The van der Waals surface area contributed by atoms with E-state index in [-0.39, 0.29) is 6.03 Å². The number of nitrogens with one attached hydrogen (secondary N) is 2. The third kappa shape index (κ3) is 2.68. The fraction of sp³-hybridized carbons (Fsp3) is 0.300. The quantitative estimate of drug-likeness (QED) is 0.757. The van der Waals surface area contributed by atoms with Crippen molar-refractivity contribution in [3.05, 3.63) is 23.9 Å². The van der Waals surface area contributed by atoms with Gasteiger partial charge < -0.3 is 5.32 Å². The summed E-state index contributed by atoms with van der Waals surface area (Å²) in [6, 6.07) is 5.25. The number of hydrogen-bond acceptors (Lipinski definition) is 3. The van der Waals surface area contributed by atoms with Gasteiger partial charge in [0, 0.05) is 12.2 Å². The Hall–Kier alpha value is -2.09. The van der Waals surface area contributed by atoms with Crippen LogP contribution in [0.2, 0.25) is 0 Å². The number of nitrogens with zero attached hydrogens (tertiary/aromatic N) is 2. The molecule has 1 aliphatic carbocycles. The van der Waals surface area contributed by atoms with Crippen LogP contribution < -0.4 is 10.6 Å². The standard InChI is InChI=1S/C10H10N4O/c11-5-7-1-4-9(12-6-7)14-10(15)13-8-2-3-8/h1,4,6,8H,2-3H2,(H2,12,13,14,15). The Morgan fingerprint density at radius 3 is 2.87 bits per heavy atom. The molecule has 5 heteroatoms. The predicted molar refractivity (Wildman–Crippen MR) is 54.1 cm³/mol. The Kier molecular flexibility index (Phi) is 2.50. The molecule has 1 saturated carbocycles. The molecule has 76 valence electrons. The maximum absolute atomic E-state index is 11.3. The van der Waals surface area contributed by atoms with Crippen LogP contribution in [0.25, 0.3) is 0 Å². The highest BCUT2D eigenvalue weighted by Gasteiger charge is 2.23. The van der Waals surface area contributed by atoms with Crippen molar-refractivity contribution in [3.8, 4) is 6.07 Å². The van der Waals surface area contributed by atoms with E-state index in [4.69, 9.17) is 5.26 Å². The van der Waals surface area contributed by atoms with Crippen LogP contribution in [0, 0.1) is 11.3 Å². The number of carbonyl (C=O) groups excluding carboxylic acids is 1. The molecular weight excluding hydrogens is 192 g/mol. The number of carbonyl (C=O) groups is 1. The second-order valence-corrected chi connectivity index (χ2v) is 3.42. The Morgan fingerprint density at radius 1 is 1.53 bits per heavy atom. The van der Waals surface area contributed by atoms with Crippen molar-refractivity contribution < 1.29 is 4.79 Å². The van der Waals surface area contributed by atoms with Gasteiger partial charge >= 0.3 is 6.03 Å². The van der Waals surface area contributed by atoms with E-state index in [1.54, 1.807) is 12.1 Å². The molecule has 0 atom stereocenters. The SMILES string of the molecule is N#Cc1ccc(NC(=O)NC2CC2)nc1. The van der Waals surface area contributed by atoms with Crippen molar-refractivity contribution in [1.29, 1.82) is 5.26 Å². The van der Waals surface area contributed by atoms with E-state index >= 15 is 0 Å². The van der Waals surface area contributed by atoms with E-state index < -0.39 is 0 Å². The third-order valence-electron chi connectivity index (χ3n) is 2.05. The first-order chi connectivity index (χ1) is 7.28. The van der Waals surface area contributed by atoms with E-state index in [1.165, 1.54) is 6.20 Å². The first-order valence-electron chi connectivity index (χ1n) is 4.71. The molecule has 0 unspecified atom stereocenters. The van der Waals surface area contributed by atoms with Crippen molar-refractivity contribution in [2.24, 2.45) is 0 Å². The van der Waals surface area contributed by atoms with Gasteiger partial charge in [0.05, 0.1) is 5.56 Å². The molecule has 0 radical (unpaired) electrons. The molecule has 5 nitrogen and oxygen atoms in total. The third-order valence-corrected chi connectivity index (χ3v) is 2.05. The number of nitriles is 1. The average Bonchev–Trinajstić information content (AvgIpc) is 3.03. The number of aromatic nitrogens is 1. The smallest absolute Gasteiger partial charge is 0.320 e. The number of anilines is 1. The minimum absolute atomic E-state index is 0.241. The van der Waals surface area contributed by atoms with Gasteiger partial charge in [-0.25, -0.2) is 9.78 Å². The predicted octanol–water partition coefficient (Wildman–Crippen LogP) is 1.24. The van der Waals surface area contributed by atoms with Crippen molar-refractivity contribution in [3.63, 3.8) is 0 Å². The summed E-state index contributed by atoms with van der Waals surface area (Å²) in [6.07, 6.45) is 3.52. The number of rotatable bonds is 2. The fourth-order valence-electron chi connectivity index (χ4n) is 1.10. The normalized spacial score (nSPS) is 14.1. The summed E-state index contributed by atoms with van der Waals surface area (Å²) in [5, 5.41) is 13.9. The largest absolute Gasteiger partial charge is 0.335 e. The van der Waals surface area contributed by atoms with E-state index in [2.05, 4.69) is 15.6 Å². The van der Waals surface area contributed by atoms with Crippen molar-refractivity contribution in [2.75, 3.05) is 5.32 Å². The highest BCUT2D eigenvalue weighted by Crippen LogP contribution is 2.18. The van der Waals surface area contributed by atoms with E-state index in [1.807, 2.05) is 6.07 Å². The van der Waals surface area contributed by atoms with Gasteiger partial charge in [0.15, 0.2) is 0 Å². The Labute approximate surface area is 87.1 Å². The first-order valence-corrected chi connectivity index (χ1v) is 4.71. The molecule has 0 spiro atoms. The van der Waals surface area contributed by atoms with Gasteiger partial charge in [0.2, 0.25) is 0 Å². The lowest BCUT2D eigenvalue weighted by Gasteiger charge is -2.04. The highest BCUT2D eigenvalue weighted by atomic mass is 16.2. The molecular formula is C10H10N4O. The Morgan fingerprint density at radius 2 is 2.33 bits per heavy atom. The summed E-state index contributed by atoms with van der Waals surface area (Å²) in [4.78, 5) is 15.2. The van der Waals surface area contributed by atoms with Crippen LogP contribution in [0.1, 0.15) is 18.4 Å². The molecule has 2 amide bonds. The number of pyridine rings is 1. The molecule has 2 N–H and O–H groups in total. The summed E-state index contributed by atoms with van der Waals surface area (Å²) in [7, 11) is 0. The van der Waals surface area contributed by atoms with E-state index in [0.717, 1.165) is 12.8 Å². The van der Waals surface area contributed by atoms with Crippen LogP contribution in [0.3, 0.4) is 0 Å². The molecule has 1 aliphatic rings. The summed E-state index contributed by atoms with van der Waals surface area (Å²) in [5.74, 6) is 0.451. The lowest BCUT2D eigenvalue weighted by atomic mass is 10.3. The maximum atomic E-state index is 11.3. The summed E-state index contributed by atoms with van der Waals surface area (Å²) < 4.78 is 0. The van der Waals surface area contributed by atoms with Crippen LogP contribution in [-0.2, 0) is 0 Å². The molecule has 0 bridgehead atoms. The van der Waals surface area contributed by atoms with Crippen molar-refractivity contribution >= 4 is 11.8 Å². The molecule has 1 heterocycles. The topological polar surface area (TPSA) is 77.8 Å². The van der Waals surface area contributed by atoms with Gasteiger partial charge in [-0.15, -0.1) is 0 Å². The van der Waals surface area contributed by atoms with E-state index in [9.17, 15) is 4.79 Å². The minimum Gasteiger partial charge on any atom is -0.335 e. The summed E-state index contributed by atoms with van der Waals surface area (Å²) in [6.45, 7) is 0. The molecule has 2 rings (SSSR count).